The molecule has 1 fully saturated rings. The van der Waals surface area contributed by atoms with Crippen LogP contribution in [0.3, 0.4) is 0 Å². The van der Waals surface area contributed by atoms with Gasteiger partial charge in [-0.25, -0.2) is 8.42 Å². The summed E-state index contributed by atoms with van der Waals surface area (Å²) in [5.74, 6) is -0.348. The molecule has 1 heterocycles. The van der Waals surface area contributed by atoms with E-state index in [0.29, 0.717) is 19.5 Å². The zero-order valence-electron chi connectivity index (χ0n) is 17.5. The van der Waals surface area contributed by atoms with Gasteiger partial charge in [-0.1, -0.05) is 36.4 Å². The van der Waals surface area contributed by atoms with Crippen molar-refractivity contribution in [2.24, 2.45) is 5.92 Å². The van der Waals surface area contributed by atoms with Crippen LogP contribution in [-0.4, -0.2) is 51.4 Å². The van der Waals surface area contributed by atoms with Crippen molar-refractivity contribution in [3.8, 4) is 0 Å². The van der Waals surface area contributed by atoms with E-state index in [4.69, 9.17) is 0 Å². The topological polar surface area (TPSA) is 69.7 Å². The fraction of sp³-hybridized carbons (Fsp3) is 0.435. The molecule has 30 heavy (non-hydrogen) atoms. The van der Waals surface area contributed by atoms with E-state index in [1.807, 2.05) is 18.2 Å². The smallest absolute Gasteiger partial charge is 0.243 e. The number of carbonyl (C=O) groups is 1. The highest BCUT2D eigenvalue weighted by atomic mass is 32.2. The van der Waals surface area contributed by atoms with Crippen LogP contribution >= 0.6 is 0 Å². The number of piperidine rings is 1. The van der Waals surface area contributed by atoms with E-state index >= 15 is 0 Å². The molecule has 1 unspecified atom stereocenters. The fourth-order valence-corrected chi connectivity index (χ4v) is 5.40. The van der Waals surface area contributed by atoms with Gasteiger partial charge in [0.15, 0.2) is 0 Å². The first-order chi connectivity index (χ1) is 14.5. The van der Waals surface area contributed by atoms with Gasteiger partial charge in [0, 0.05) is 38.4 Å². The van der Waals surface area contributed by atoms with E-state index in [0.717, 1.165) is 25.9 Å². The number of nitrogens with zero attached hydrogens (tertiary/aromatic N) is 2. The Balaban J connectivity index is 1.48. The summed E-state index contributed by atoms with van der Waals surface area (Å²) in [6, 6.07) is 18.7. The third-order valence-corrected chi connectivity index (χ3v) is 7.42. The minimum atomic E-state index is -3.55. The first-order valence-corrected chi connectivity index (χ1v) is 12.1. The molecule has 0 aliphatic carbocycles. The van der Waals surface area contributed by atoms with Crippen molar-refractivity contribution in [3.63, 3.8) is 0 Å². The third-order valence-electron chi connectivity index (χ3n) is 5.54. The summed E-state index contributed by atoms with van der Waals surface area (Å²) >= 11 is 0. The minimum Gasteiger partial charge on any atom is -0.372 e. The standard InChI is InChI=1S/C23H31N3O3S/c1-2-25(21-12-5-3-6-13-21)17-10-16-24-23(27)20-11-9-18-26(19-20)30(28,29)22-14-7-4-8-15-22/h3-8,12-15,20H,2,9-11,16-19H2,1H3,(H,24,27). The predicted molar refractivity (Wildman–Crippen MR) is 120 cm³/mol. The van der Waals surface area contributed by atoms with Crippen molar-refractivity contribution in [2.75, 3.05) is 37.6 Å². The molecular weight excluding hydrogens is 398 g/mol. The van der Waals surface area contributed by atoms with E-state index < -0.39 is 10.0 Å². The van der Waals surface area contributed by atoms with Gasteiger partial charge in [-0.15, -0.1) is 0 Å². The second-order valence-electron chi connectivity index (χ2n) is 7.58. The Morgan fingerprint density at radius 1 is 1.10 bits per heavy atom. The molecule has 0 radical (unpaired) electrons. The number of anilines is 1. The highest BCUT2D eigenvalue weighted by molar-refractivity contribution is 7.89. The molecular formula is C23H31N3O3S. The van der Waals surface area contributed by atoms with Crippen LogP contribution in [0.15, 0.2) is 65.6 Å². The van der Waals surface area contributed by atoms with Gasteiger partial charge in [-0.2, -0.15) is 4.31 Å². The highest BCUT2D eigenvalue weighted by Crippen LogP contribution is 2.23. The van der Waals surface area contributed by atoms with Crippen LogP contribution in [0.25, 0.3) is 0 Å². The van der Waals surface area contributed by atoms with E-state index in [2.05, 4.69) is 29.3 Å². The average molecular weight is 430 g/mol. The van der Waals surface area contributed by atoms with Gasteiger partial charge in [0.2, 0.25) is 15.9 Å². The van der Waals surface area contributed by atoms with E-state index in [1.54, 1.807) is 30.3 Å². The van der Waals surface area contributed by atoms with Crippen LogP contribution in [0.2, 0.25) is 0 Å². The molecule has 1 atom stereocenters. The maximum atomic E-state index is 12.8. The van der Waals surface area contributed by atoms with Crippen LogP contribution in [0, 0.1) is 5.92 Å². The Labute approximate surface area is 179 Å². The lowest BCUT2D eigenvalue weighted by molar-refractivity contribution is -0.126. The second-order valence-corrected chi connectivity index (χ2v) is 9.51. The molecule has 2 aromatic rings. The summed E-state index contributed by atoms with van der Waals surface area (Å²) in [5, 5.41) is 3.01. The number of hydrogen-bond acceptors (Lipinski definition) is 4. The molecule has 1 aliphatic rings. The normalized spacial score (nSPS) is 17.4. The van der Waals surface area contributed by atoms with Crippen molar-refractivity contribution in [1.29, 1.82) is 0 Å². The third kappa shape index (κ3) is 5.61. The number of hydrogen-bond donors (Lipinski definition) is 1. The van der Waals surface area contributed by atoms with Crippen molar-refractivity contribution < 1.29 is 13.2 Å². The van der Waals surface area contributed by atoms with Gasteiger partial charge < -0.3 is 10.2 Å². The molecule has 0 bridgehead atoms. The lowest BCUT2D eigenvalue weighted by Crippen LogP contribution is -2.45. The predicted octanol–water partition coefficient (Wildman–Crippen LogP) is 3.12. The van der Waals surface area contributed by atoms with E-state index in [9.17, 15) is 13.2 Å². The van der Waals surface area contributed by atoms with Gasteiger partial charge in [0.1, 0.15) is 0 Å². The average Bonchev–Trinajstić information content (AvgIpc) is 2.80. The van der Waals surface area contributed by atoms with E-state index in [-0.39, 0.29) is 23.3 Å². The van der Waals surface area contributed by atoms with Crippen molar-refractivity contribution in [3.05, 3.63) is 60.7 Å². The number of sulfonamides is 1. The number of rotatable bonds is 9. The zero-order chi connectivity index (χ0) is 21.4. The largest absolute Gasteiger partial charge is 0.372 e. The number of carbonyl (C=O) groups excluding carboxylic acids is 1. The van der Waals surface area contributed by atoms with Crippen LogP contribution in [0.4, 0.5) is 5.69 Å². The van der Waals surface area contributed by atoms with Crippen molar-refractivity contribution >= 4 is 21.6 Å². The Kier molecular flexibility index (Phi) is 7.87. The summed E-state index contributed by atoms with van der Waals surface area (Å²) in [6.07, 6.45) is 2.26. The van der Waals surface area contributed by atoms with Crippen LogP contribution in [0.5, 0.6) is 0 Å². The lowest BCUT2D eigenvalue weighted by Gasteiger charge is -2.31. The molecule has 162 valence electrons. The van der Waals surface area contributed by atoms with E-state index in [1.165, 1.54) is 9.99 Å². The molecule has 0 aromatic heterocycles. The maximum absolute atomic E-state index is 12.8. The molecule has 0 saturated carbocycles. The summed E-state index contributed by atoms with van der Waals surface area (Å²) in [6.45, 7) is 5.18. The Morgan fingerprint density at radius 3 is 2.43 bits per heavy atom. The summed E-state index contributed by atoms with van der Waals surface area (Å²) in [4.78, 5) is 15.2. The number of amides is 1. The molecule has 1 saturated heterocycles. The van der Waals surface area contributed by atoms with Gasteiger partial charge in [-0.3, -0.25) is 4.79 Å². The van der Waals surface area contributed by atoms with Crippen LogP contribution < -0.4 is 10.2 Å². The van der Waals surface area contributed by atoms with Crippen LogP contribution in [0.1, 0.15) is 26.2 Å². The summed E-state index contributed by atoms with van der Waals surface area (Å²) in [5.41, 5.74) is 1.18. The Hall–Kier alpha value is -2.38. The van der Waals surface area contributed by atoms with Crippen LogP contribution in [-0.2, 0) is 14.8 Å². The molecule has 2 aromatic carbocycles. The molecule has 1 aliphatic heterocycles. The lowest BCUT2D eigenvalue weighted by atomic mass is 9.99. The summed E-state index contributed by atoms with van der Waals surface area (Å²) in [7, 11) is -3.55. The van der Waals surface area contributed by atoms with Crippen molar-refractivity contribution in [1.82, 2.24) is 9.62 Å². The minimum absolute atomic E-state index is 0.0503. The SMILES string of the molecule is CCN(CCCNC(=O)C1CCCN(S(=O)(=O)c2ccccc2)C1)c1ccccc1. The molecule has 7 heteroatoms. The Morgan fingerprint density at radius 2 is 1.77 bits per heavy atom. The molecule has 1 N–H and O–H groups in total. The quantitative estimate of drug-likeness (QED) is 0.622. The zero-order valence-corrected chi connectivity index (χ0v) is 18.4. The number of para-hydroxylation sites is 1. The van der Waals surface area contributed by atoms with Gasteiger partial charge >= 0.3 is 0 Å². The maximum Gasteiger partial charge on any atom is 0.243 e. The number of benzene rings is 2. The van der Waals surface area contributed by atoms with Gasteiger partial charge in [-0.05, 0) is 50.5 Å². The molecule has 0 spiro atoms. The van der Waals surface area contributed by atoms with Gasteiger partial charge in [0.05, 0.1) is 10.8 Å². The number of nitrogens with one attached hydrogen (secondary N) is 1. The fourth-order valence-electron chi connectivity index (χ4n) is 3.85. The summed E-state index contributed by atoms with van der Waals surface area (Å²) < 4.78 is 27.1. The molecule has 6 nitrogen and oxygen atoms in total. The molecule has 3 rings (SSSR count). The first-order valence-electron chi connectivity index (χ1n) is 10.6. The molecule has 1 amide bonds. The monoisotopic (exact) mass is 429 g/mol. The highest BCUT2D eigenvalue weighted by Gasteiger charge is 2.33. The second kappa shape index (κ2) is 10.6. The van der Waals surface area contributed by atoms with Crippen molar-refractivity contribution in [2.45, 2.75) is 31.1 Å². The first kappa shape index (κ1) is 22.3. The van der Waals surface area contributed by atoms with Gasteiger partial charge in [0.25, 0.3) is 0 Å². The Bertz CT molecular complexity index is 904.